The van der Waals surface area contributed by atoms with Crippen molar-refractivity contribution in [2.24, 2.45) is 0 Å². The fourth-order valence-corrected chi connectivity index (χ4v) is 2.21. The highest BCUT2D eigenvalue weighted by atomic mass is 16.3. The number of aliphatic hydroxyl groups is 1. The third-order valence-electron chi connectivity index (χ3n) is 3.70. The number of aliphatic hydroxyl groups excluding tert-OH is 1. The highest BCUT2D eigenvalue weighted by molar-refractivity contribution is 5.93. The third kappa shape index (κ3) is 3.48. The van der Waals surface area contributed by atoms with Gasteiger partial charge in [-0.05, 0) is 32.6 Å². The second-order valence-electron chi connectivity index (χ2n) is 5.44. The number of amides is 1. The average Bonchev–Trinajstić information content (AvgIpc) is 3.22. The number of hydrogen-bond acceptors (Lipinski definition) is 3. The molecule has 0 saturated heterocycles. The maximum absolute atomic E-state index is 12.0. The number of aryl methyl sites for hydroxylation is 1. The van der Waals surface area contributed by atoms with Gasteiger partial charge in [-0.3, -0.25) is 9.59 Å². The van der Waals surface area contributed by atoms with E-state index in [0.29, 0.717) is 25.4 Å². The largest absolute Gasteiger partial charge is 0.393 e. The van der Waals surface area contributed by atoms with Gasteiger partial charge < -0.3 is 15.0 Å². The van der Waals surface area contributed by atoms with Crippen LogP contribution in [-0.4, -0.2) is 28.2 Å². The van der Waals surface area contributed by atoms with Crippen LogP contribution >= 0.6 is 0 Å². The number of carbonyl (C=O) groups excluding carboxylic acids is 1. The molecule has 5 nitrogen and oxygen atoms in total. The lowest BCUT2D eigenvalue weighted by Gasteiger charge is -2.12. The summed E-state index contributed by atoms with van der Waals surface area (Å²) in [4.78, 5) is 23.9. The van der Waals surface area contributed by atoms with E-state index in [1.165, 1.54) is 6.07 Å². The Labute approximate surface area is 118 Å². The summed E-state index contributed by atoms with van der Waals surface area (Å²) < 4.78 is 2.01. The minimum Gasteiger partial charge on any atom is -0.393 e. The number of nitrogens with zero attached hydrogens (tertiary/aromatic N) is 1. The quantitative estimate of drug-likeness (QED) is 0.826. The molecule has 20 heavy (non-hydrogen) atoms. The summed E-state index contributed by atoms with van der Waals surface area (Å²) in [6.07, 6.45) is 4.64. The van der Waals surface area contributed by atoms with Crippen molar-refractivity contribution >= 4 is 5.91 Å². The Kier molecular flexibility index (Phi) is 4.60. The van der Waals surface area contributed by atoms with Crippen molar-refractivity contribution in [3.8, 4) is 0 Å². The van der Waals surface area contributed by atoms with E-state index in [9.17, 15) is 14.7 Å². The van der Waals surface area contributed by atoms with Crippen LogP contribution in [-0.2, 0) is 0 Å². The van der Waals surface area contributed by atoms with Gasteiger partial charge in [0.2, 0.25) is 0 Å². The third-order valence-corrected chi connectivity index (χ3v) is 3.70. The van der Waals surface area contributed by atoms with Crippen molar-refractivity contribution < 1.29 is 9.90 Å². The Hall–Kier alpha value is -1.62. The topological polar surface area (TPSA) is 71.3 Å². The average molecular weight is 278 g/mol. The van der Waals surface area contributed by atoms with Crippen LogP contribution in [0, 0.1) is 6.92 Å². The molecule has 0 unspecified atom stereocenters. The lowest BCUT2D eigenvalue weighted by molar-refractivity contribution is 0.0940. The number of carbonyl (C=O) groups is 1. The van der Waals surface area contributed by atoms with Gasteiger partial charge in [0.15, 0.2) is 5.43 Å². The smallest absolute Gasteiger partial charge is 0.256 e. The molecule has 1 aromatic heterocycles. The van der Waals surface area contributed by atoms with Crippen LogP contribution < -0.4 is 10.7 Å². The molecule has 2 N–H and O–H groups in total. The molecule has 1 amide bonds. The molecule has 0 bridgehead atoms. The summed E-state index contributed by atoms with van der Waals surface area (Å²) in [6.45, 7) is 4.16. The number of aromatic nitrogens is 1. The van der Waals surface area contributed by atoms with Crippen LogP contribution in [0.25, 0.3) is 0 Å². The van der Waals surface area contributed by atoms with E-state index in [4.69, 9.17) is 0 Å². The second kappa shape index (κ2) is 6.22. The van der Waals surface area contributed by atoms with E-state index in [2.05, 4.69) is 5.32 Å². The maximum atomic E-state index is 12.0. The van der Waals surface area contributed by atoms with Gasteiger partial charge in [-0.1, -0.05) is 6.92 Å². The molecular formula is C15H22N2O3. The van der Waals surface area contributed by atoms with Crippen molar-refractivity contribution in [1.29, 1.82) is 0 Å². The standard InChI is InChI=1S/C15H22N2O3/c1-3-12(18)6-7-16-15(20)13-9-17(11-4-5-11)10(2)8-14(13)19/h8-9,11-12,18H,3-7H2,1-2H3,(H,16,20)/t12-/m1/s1. The predicted molar refractivity (Wildman–Crippen MR) is 77.0 cm³/mol. The van der Waals surface area contributed by atoms with Crippen LogP contribution in [0.1, 0.15) is 54.7 Å². The number of pyridine rings is 1. The summed E-state index contributed by atoms with van der Waals surface area (Å²) in [6, 6.07) is 1.96. The lowest BCUT2D eigenvalue weighted by atomic mass is 10.2. The van der Waals surface area contributed by atoms with Crippen molar-refractivity contribution in [3.63, 3.8) is 0 Å². The molecule has 5 heteroatoms. The van der Waals surface area contributed by atoms with Gasteiger partial charge in [0.05, 0.1) is 6.10 Å². The van der Waals surface area contributed by atoms with Crippen LogP contribution in [0.2, 0.25) is 0 Å². The zero-order valence-electron chi connectivity index (χ0n) is 12.1. The van der Waals surface area contributed by atoms with Crippen molar-refractivity contribution in [3.05, 3.63) is 33.7 Å². The molecule has 1 aromatic rings. The number of nitrogens with one attached hydrogen (secondary N) is 1. The first-order valence-corrected chi connectivity index (χ1v) is 7.22. The predicted octanol–water partition coefficient (Wildman–Crippen LogP) is 1.38. The Morgan fingerprint density at radius 1 is 1.55 bits per heavy atom. The Morgan fingerprint density at radius 2 is 2.25 bits per heavy atom. The molecular weight excluding hydrogens is 256 g/mol. The number of hydrogen-bond donors (Lipinski definition) is 2. The van der Waals surface area contributed by atoms with Crippen LogP contribution in [0.4, 0.5) is 0 Å². The van der Waals surface area contributed by atoms with E-state index in [1.807, 2.05) is 18.4 Å². The zero-order valence-corrected chi connectivity index (χ0v) is 12.1. The highest BCUT2D eigenvalue weighted by Crippen LogP contribution is 2.35. The van der Waals surface area contributed by atoms with Gasteiger partial charge in [0.1, 0.15) is 5.56 Å². The molecule has 1 aliphatic carbocycles. The van der Waals surface area contributed by atoms with E-state index >= 15 is 0 Å². The molecule has 1 aliphatic rings. The summed E-state index contributed by atoms with van der Waals surface area (Å²) in [5, 5.41) is 12.1. The molecule has 0 aliphatic heterocycles. The fraction of sp³-hybridized carbons (Fsp3) is 0.600. The van der Waals surface area contributed by atoms with Crippen LogP contribution in [0.5, 0.6) is 0 Å². The molecule has 0 spiro atoms. The van der Waals surface area contributed by atoms with E-state index in [-0.39, 0.29) is 16.9 Å². The monoisotopic (exact) mass is 278 g/mol. The van der Waals surface area contributed by atoms with Crippen LogP contribution in [0.15, 0.2) is 17.1 Å². The SMILES string of the molecule is CC[C@@H](O)CCNC(=O)c1cn(C2CC2)c(C)cc1=O. The molecule has 2 rings (SSSR count). The van der Waals surface area contributed by atoms with Gasteiger partial charge in [-0.25, -0.2) is 0 Å². The van der Waals surface area contributed by atoms with Gasteiger partial charge in [0.25, 0.3) is 5.91 Å². The minimum atomic E-state index is -0.406. The molecule has 1 atom stereocenters. The molecule has 1 saturated carbocycles. The molecule has 110 valence electrons. The normalized spacial score (nSPS) is 15.9. The van der Waals surface area contributed by atoms with Gasteiger partial charge in [0, 0.05) is 30.5 Å². The van der Waals surface area contributed by atoms with Crippen molar-refractivity contribution in [2.45, 2.75) is 51.7 Å². The van der Waals surface area contributed by atoms with Crippen LogP contribution in [0.3, 0.4) is 0 Å². The second-order valence-corrected chi connectivity index (χ2v) is 5.44. The Bertz CT molecular complexity index is 547. The summed E-state index contributed by atoms with van der Waals surface area (Å²) in [5.41, 5.74) is 0.844. The van der Waals surface area contributed by atoms with Crippen molar-refractivity contribution in [1.82, 2.24) is 9.88 Å². The molecule has 0 radical (unpaired) electrons. The fourth-order valence-electron chi connectivity index (χ4n) is 2.21. The van der Waals surface area contributed by atoms with E-state index in [1.54, 1.807) is 6.20 Å². The first kappa shape index (κ1) is 14.8. The first-order chi connectivity index (χ1) is 9.52. The minimum absolute atomic E-state index is 0.188. The first-order valence-electron chi connectivity index (χ1n) is 7.22. The zero-order chi connectivity index (χ0) is 14.7. The maximum Gasteiger partial charge on any atom is 0.256 e. The molecule has 0 aromatic carbocycles. The lowest BCUT2D eigenvalue weighted by Crippen LogP contribution is -2.31. The highest BCUT2D eigenvalue weighted by Gasteiger charge is 2.25. The van der Waals surface area contributed by atoms with E-state index in [0.717, 1.165) is 18.5 Å². The van der Waals surface area contributed by atoms with Gasteiger partial charge in [-0.15, -0.1) is 0 Å². The Balaban J connectivity index is 2.05. The van der Waals surface area contributed by atoms with E-state index < -0.39 is 6.10 Å². The van der Waals surface area contributed by atoms with Gasteiger partial charge in [-0.2, -0.15) is 0 Å². The van der Waals surface area contributed by atoms with Gasteiger partial charge >= 0.3 is 0 Å². The summed E-state index contributed by atoms with van der Waals surface area (Å²) >= 11 is 0. The summed E-state index contributed by atoms with van der Waals surface area (Å²) in [5.74, 6) is -0.354. The summed E-state index contributed by atoms with van der Waals surface area (Å²) in [7, 11) is 0. The molecule has 1 heterocycles. The number of rotatable bonds is 6. The van der Waals surface area contributed by atoms with Crippen molar-refractivity contribution in [2.75, 3.05) is 6.54 Å². The molecule has 1 fully saturated rings. The Morgan fingerprint density at radius 3 is 2.85 bits per heavy atom.